The van der Waals surface area contributed by atoms with Gasteiger partial charge in [0, 0.05) is 23.1 Å². The lowest BCUT2D eigenvalue weighted by atomic mass is 10.1. The lowest BCUT2D eigenvalue weighted by Crippen LogP contribution is -2.32. The lowest BCUT2D eigenvalue weighted by molar-refractivity contribution is -0.385. The molecule has 130 valence electrons. The molecule has 1 saturated carbocycles. The van der Waals surface area contributed by atoms with E-state index in [1.165, 1.54) is 29.5 Å². The van der Waals surface area contributed by atoms with E-state index in [1.54, 1.807) is 6.92 Å². The Bertz CT molecular complexity index is 846. The molecular formula is C15H15N5O4S. The summed E-state index contributed by atoms with van der Waals surface area (Å²) >= 11 is 1.33. The van der Waals surface area contributed by atoms with Gasteiger partial charge in [-0.1, -0.05) is 17.4 Å². The van der Waals surface area contributed by atoms with Crippen LogP contribution in [0.2, 0.25) is 0 Å². The molecule has 3 rings (SSSR count). The number of rotatable bonds is 6. The molecule has 0 atom stereocenters. The molecule has 2 N–H and O–H groups in total. The summed E-state index contributed by atoms with van der Waals surface area (Å²) in [6, 6.07) is 4.16. The van der Waals surface area contributed by atoms with Crippen molar-refractivity contribution in [2.45, 2.75) is 25.7 Å². The highest BCUT2D eigenvalue weighted by Crippen LogP contribution is 2.41. The molecule has 0 spiro atoms. The summed E-state index contributed by atoms with van der Waals surface area (Å²) < 4.78 is 0. The van der Waals surface area contributed by atoms with E-state index >= 15 is 0 Å². The topological polar surface area (TPSA) is 127 Å². The minimum atomic E-state index is -0.561. The number of aromatic nitrogens is 2. The first-order valence-electron chi connectivity index (χ1n) is 7.60. The largest absolute Gasteiger partial charge is 0.343 e. The van der Waals surface area contributed by atoms with Crippen molar-refractivity contribution in [2.24, 2.45) is 0 Å². The minimum absolute atomic E-state index is 0.122. The quantitative estimate of drug-likeness (QED) is 0.598. The van der Waals surface area contributed by atoms with Crippen LogP contribution in [-0.4, -0.2) is 33.5 Å². The molecule has 0 bridgehead atoms. The molecule has 2 aromatic rings. The predicted molar refractivity (Wildman–Crippen MR) is 90.7 cm³/mol. The van der Waals surface area contributed by atoms with E-state index in [9.17, 15) is 19.7 Å². The first kappa shape index (κ1) is 17.0. The Morgan fingerprint density at radius 2 is 2.12 bits per heavy atom. The Morgan fingerprint density at radius 1 is 1.36 bits per heavy atom. The third kappa shape index (κ3) is 4.15. The van der Waals surface area contributed by atoms with Crippen LogP contribution in [-0.2, 0) is 4.79 Å². The van der Waals surface area contributed by atoms with Gasteiger partial charge in [0.1, 0.15) is 5.01 Å². The maximum atomic E-state index is 12.1. The van der Waals surface area contributed by atoms with E-state index in [2.05, 4.69) is 20.8 Å². The Kier molecular flexibility index (Phi) is 4.70. The maximum absolute atomic E-state index is 12.1. The predicted octanol–water partition coefficient (Wildman–Crippen LogP) is 2.00. The molecule has 0 unspecified atom stereocenters. The molecule has 9 nitrogen and oxygen atoms in total. The molecule has 0 radical (unpaired) electrons. The highest BCUT2D eigenvalue weighted by Gasteiger charge is 2.27. The second-order valence-corrected chi connectivity index (χ2v) is 6.72. The normalized spacial score (nSPS) is 13.3. The molecule has 25 heavy (non-hydrogen) atoms. The number of amides is 2. The van der Waals surface area contributed by atoms with Crippen molar-refractivity contribution in [1.82, 2.24) is 15.5 Å². The summed E-state index contributed by atoms with van der Waals surface area (Å²) in [6.45, 7) is 1.32. The van der Waals surface area contributed by atoms with Crippen LogP contribution >= 0.6 is 11.3 Å². The zero-order chi connectivity index (χ0) is 18.0. The van der Waals surface area contributed by atoms with Crippen molar-refractivity contribution in [3.63, 3.8) is 0 Å². The van der Waals surface area contributed by atoms with Crippen molar-refractivity contribution < 1.29 is 14.5 Å². The molecule has 1 aromatic heterocycles. The number of carbonyl (C=O) groups excluding carboxylic acids is 2. The molecular weight excluding hydrogens is 346 g/mol. The van der Waals surface area contributed by atoms with Crippen molar-refractivity contribution in [3.05, 3.63) is 44.4 Å². The van der Waals surface area contributed by atoms with Crippen molar-refractivity contribution in [3.8, 4) is 0 Å². The molecule has 10 heteroatoms. The van der Waals surface area contributed by atoms with Crippen LogP contribution in [0.1, 0.15) is 39.7 Å². The van der Waals surface area contributed by atoms with Gasteiger partial charge in [-0.05, 0) is 25.8 Å². The number of nitro groups is 1. The number of hydrogen-bond acceptors (Lipinski definition) is 7. The summed E-state index contributed by atoms with van der Waals surface area (Å²) in [7, 11) is 0. The van der Waals surface area contributed by atoms with Crippen LogP contribution < -0.4 is 10.6 Å². The summed E-state index contributed by atoms with van der Waals surface area (Å²) in [6.07, 6.45) is 2.20. The van der Waals surface area contributed by atoms with Gasteiger partial charge >= 0.3 is 0 Å². The second-order valence-electron chi connectivity index (χ2n) is 5.71. The smallest absolute Gasteiger partial charge is 0.273 e. The van der Waals surface area contributed by atoms with Crippen LogP contribution in [0.5, 0.6) is 0 Å². The van der Waals surface area contributed by atoms with Crippen LogP contribution in [0.3, 0.4) is 0 Å². The Hall–Kier alpha value is -2.88. The van der Waals surface area contributed by atoms with Gasteiger partial charge in [0.05, 0.1) is 11.5 Å². The number of nitro benzene ring substituents is 1. The Balaban J connectivity index is 1.55. The molecule has 0 aliphatic heterocycles. The molecule has 1 aliphatic carbocycles. The Labute approximate surface area is 146 Å². The second kappa shape index (κ2) is 6.93. The van der Waals surface area contributed by atoms with E-state index in [0.717, 1.165) is 17.8 Å². The summed E-state index contributed by atoms with van der Waals surface area (Å²) in [5.74, 6) is -0.539. The molecule has 1 heterocycles. The molecule has 1 aliphatic rings. The Morgan fingerprint density at radius 3 is 2.80 bits per heavy atom. The highest BCUT2D eigenvalue weighted by atomic mass is 32.1. The van der Waals surface area contributed by atoms with Gasteiger partial charge in [0.15, 0.2) is 0 Å². The molecule has 2 amide bonds. The lowest BCUT2D eigenvalue weighted by Gasteiger charge is -2.05. The fourth-order valence-corrected chi connectivity index (χ4v) is 3.08. The van der Waals surface area contributed by atoms with Crippen LogP contribution in [0.25, 0.3) is 0 Å². The van der Waals surface area contributed by atoms with Crippen molar-refractivity contribution >= 4 is 34.0 Å². The average Bonchev–Trinajstić information content (AvgIpc) is 3.33. The number of anilines is 1. The SMILES string of the molecule is Cc1ccc(C(=O)NCC(=O)Nc2nnc(C3CC3)s2)cc1[N+](=O)[O-]. The monoisotopic (exact) mass is 361 g/mol. The van der Waals surface area contributed by atoms with Gasteiger partial charge in [-0.2, -0.15) is 0 Å². The number of nitrogens with one attached hydrogen (secondary N) is 2. The zero-order valence-corrected chi connectivity index (χ0v) is 14.1. The van der Waals surface area contributed by atoms with Gasteiger partial charge in [0.2, 0.25) is 11.0 Å². The maximum Gasteiger partial charge on any atom is 0.273 e. The third-order valence-electron chi connectivity index (χ3n) is 3.69. The zero-order valence-electron chi connectivity index (χ0n) is 13.3. The standard InChI is InChI=1S/C15H15N5O4S/c1-8-2-3-10(6-11(8)20(23)24)13(22)16-7-12(21)17-15-19-18-14(25-15)9-4-5-9/h2-3,6,9H,4-5,7H2,1H3,(H,16,22)(H,17,19,21). The van der Waals surface area contributed by atoms with E-state index in [-0.39, 0.29) is 17.8 Å². The summed E-state index contributed by atoms with van der Waals surface area (Å²) in [4.78, 5) is 34.3. The van der Waals surface area contributed by atoms with Crippen LogP contribution in [0.15, 0.2) is 18.2 Å². The highest BCUT2D eigenvalue weighted by molar-refractivity contribution is 7.15. The van der Waals surface area contributed by atoms with E-state index in [1.807, 2.05) is 0 Å². The number of carbonyl (C=O) groups is 2. The van der Waals surface area contributed by atoms with Gasteiger partial charge in [0.25, 0.3) is 11.6 Å². The van der Waals surface area contributed by atoms with Gasteiger partial charge in [-0.3, -0.25) is 25.0 Å². The number of hydrogen-bond donors (Lipinski definition) is 2. The fourth-order valence-electron chi connectivity index (χ4n) is 2.15. The third-order valence-corrected chi connectivity index (χ3v) is 4.69. The van der Waals surface area contributed by atoms with Gasteiger partial charge in [-0.15, -0.1) is 10.2 Å². The summed E-state index contributed by atoms with van der Waals surface area (Å²) in [5.41, 5.74) is 0.442. The van der Waals surface area contributed by atoms with Crippen molar-refractivity contribution in [1.29, 1.82) is 0 Å². The van der Waals surface area contributed by atoms with E-state index in [4.69, 9.17) is 0 Å². The van der Waals surface area contributed by atoms with Gasteiger partial charge < -0.3 is 5.32 Å². The summed E-state index contributed by atoms with van der Waals surface area (Å²) in [5, 5.41) is 25.1. The average molecular weight is 361 g/mol. The van der Waals surface area contributed by atoms with E-state index in [0.29, 0.717) is 16.6 Å². The number of benzene rings is 1. The number of nitrogens with zero attached hydrogens (tertiary/aromatic N) is 3. The number of aryl methyl sites for hydroxylation is 1. The fraction of sp³-hybridized carbons (Fsp3) is 0.333. The molecule has 0 saturated heterocycles. The molecule has 1 fully saturated rings. The van der Waals surface area contributed by atoms with Crippen LogP contribution in [0, 0.1) is 17.0 Å². The van der Waals surface area contributed by atoms with Crippen LogP contribution in [0.4, 0.5) is 10.8 Å². The van der Waals surface area contributed by atoms with Gasteiger partial charge in [-0.25, -0.2) is 0 Å². The first-order valence-corrected chi connectivity index (χ1v) is 8.42. The van der Waals surface area contributed by atoms with Crippen molar-refractivity contribution in [2.75, 3.05) is 11.9 Å². The molecule has 1 aromatic carbocycles. The minimum Gasteiger partial charge on any atom is -0.343 e. The van der Waals surface area contributed by atoms with E-state index < -0.39 is 16.7 Å². The first-order chi connectivity index (χ1) is 11.9.